The summed E-state index contributed by atoms with van der Waals surface area (Å²) in [7, 11) is 3.42. The standard InChI is InChI=1S/C12H20N8O/c1-8(2)9(5-21-4)16-11-17-10(13-3)18-12(19-11)20-7-14-6-15-20/h6-9H,5H2,1-4H3,(H2,13,16,17,18,19). The van der Waals surface area contributed by atoms with Crippen LogP contribution in [0.25, 0.3) is 5.95 Å². The van der Waals surface area contributed by atoms with E-state index in [0.717, 1.165) is 0 Å². The summed E-state index contributed by atoms with van der Waals surface area (Å²) in [5.41, 5.74) is 0. The first-order valence-corrected chi connectivity index (χ1v) is 6.68. The average molecular weight is 292 g/mol. The van der Waals surface area contributed by atoms with Gasteiger partial charge < -0.3 is 15.4 Å². The van der Waals surface area contributed by atoms with Crippen LogP contribution in [0.5, 0.6) is 0 Å². The summed E-state index contributed by atoms with van der Waals surface area (Å²) < 4.78 is 6.70. The lowest BCUT2D eigenvalue weighted by atomic mass is 10.1. The zero-order valence-corrected chi connectivity index (χ0v) is 12.6. The Morgan fingerprint density at radius 1 is 1.24 bits per heavy atom. The van der Waals surface area contributed by atoms with Gasteiger partial charge in [0.15, 0.2) is 0 Å². The summed E-state index contributed by atoms with van der Waals surface area (Å²) in [5, 5.41) is 10.2. The van der Waals surface area contributed by atoms with Gasteiger partial charge in [0.1, 0.15) is 12.7 Å². The van der Waals surface area contributed by atoms with Crippen molar-refractivity contribution in [2.24, 2.45) is 5.92 Å². The smallest absolute Gasteiger partial charge is 0.258 e. The van der Waals surface area contributed by atoms with E-state index in [1.54, 1.807) is 14.2 Å². The fourth-order valence-corrected chi connectivity index (χ4v) is 1.70. The van der Waals surface area contributed by atoms with Crippen molar-refractivity contribution in [2.45, 2.75) is 19.9 Å². The number of hydrogen-bond acceptors (Lipinski definition) is 8. The van der Waals surface area contributed by atoms with Crippen LogP contribution in [0.1, 0.15) is 13.8 Å². The Morgan fingerprint density at radius 2 is 2.00 bits per heavy atom. The van der Waals surface area contributed by atoms with Gasteiger partial charge in [-0.1, -0.05) is 13.8 Å². The topological polar surface area (TPSA) is 103 Å². The van der Waals surface area contributed by atoms with E-state index in [1.165, 1.54) is 17.3 Å². The molecule has 0 fully saturated rings. The molecule has 2 aromatic rings. The van der Waals surface area contributed by atoms with Crippen LogP contribution in [0.15, 0.2) is 12.7 Å². The second-order valence-electron chi connectivity index (χ2n) is 4.82. The highest BCUT2D eigenvalue weighted by Gasteiger charge is 2.16. The van der Waals surface area contributed by atoms with E-state index in [-0.39, 0.29) is 6.04 Å². The molecule has 9 nitrogen and oxygen atoms in total. The summed E-state index contributed by atoms with van der Waals surface area (Å²) >= 11 is 0. The van der Waals surface area contributed by atoms with Crippen LogP contribution in [-0.4, -0.2) is 56.5 Å². The molecule has 1 atom stereocenters. The van der Waals surface area contributed by atoms with E-state index in [9.17, 15) is 0 Å². The van der Waals surface area contributed by atoms with Gasteiger partial charge in [-0.15, -0.1) is 0 Å². The molecule has 0 spiro atoms. The first-order chi connectivity index (χ1) is 10.1. The van der Waals surface area contributed by atoms with Crippen molar-refractivity contribution < 1.29 is 4.74 Å². The quantitative estimate of drug-likeness (QED) is 0.764. The maximum atomic E-state index is 5.22. The predicted molar refractivity (Wildman–Crippen MR) is 78.4 cm³/mol. The van der Waals surface area contributed by atoms with Crippen LogP contribution in [0.3, 0.4) is 0 Å². The SMILES string of the molecule is CNc1nc(NC(COC)C(C)C)nc(-n2cncn2)n1. The van der Waals surface area contributed by atoms with E-state index in [1.807, 2.05) is 0 Å². The van der Waals surface area contributed by atoms with Gasteiger partial charge in [-0.2, -0.15) is 24.7 Å². The van der Waals surface area contributed by atoms with Crippen LogP contribution in [0.4, 0.5) is 11.9 Å². The highest BCUT2D eigenvalue weighted by Crippen LogP contribution is 2.12. The van der Waals surface area contributed by atoms with Gasteiger partial charge in [0, 0.05) is 14.2 Å². The summed E-state index contributed by atoms with van der Waals surface area (Å²) in [6.07, 6.45) is 2.96. The minimum absolute atomic E-state index is 0.103. The summed E-state index contributed by atoms with van der Waals surface area (Å²) in [5.74, 6) is 1.69. The Morgan fingerprint density at radius 3 is 2.57 bits per heavy atom. The molecule has 0 aliphatic rings. The monoisotopic (exact) mass is 292 g/mol. The highest BCUT2D eigenvalue weighted by atomic mass is 16.5. The van der Waals surface area contributed by atoms with E-state index in [4.69, 9.17) is 4.74 Å². The van der Waals surface area contributed by atoms with Crippen LogP contribution in [0.2, 0.25) is 0 Å². The van der Waals surface area contributed by atoms with Crippen LogP contribution >= 0.6 is 0 Å². The van der Waals surface area contributed by atoms with Crippen LogP contribution in [0, 0.1) is 5.92 Å². The fraction of sp³-hybridized carbons (Fsp3) is 0.583. The van der Waals surface area contributed by atoms with E-state index < -0.39 is 0 Å². The van der Waals surface area contributed by atoms with Crippen molar-refractivity contribution in [3.05, 3.63) is 12.7 Å². The molecule has 2 N–H and O–H groups in total. The number of hydrogen-bond donors (Lipinski definition) is 2. The maximum Gasteiger partial charge on any atom is 0.258 e. The Labute approximate surface area is 123 Å². The van der Waals surface area contributed by atoms with Crippen molar-refractivity contribution in [3.63, 3.8) is 0 Å². The van der Waals surface area contributed by atoms with Gasteiger partial charge in [-0.3, -0.25) is 0 Å². The van der Waals surface area contributed by atoms with Crippen molar-refractivity contribution in [3.8, 4) is 5.95 Å². The molecule has 0 aliphatic carbocycles. The lowest BCUT2D eigenvalue weighted by Crippen LogP contribution is -2.31. The number of nitrogens with one attached hydrogen (secondary N) is 2. The molecule has 114 valence electrons. The summed E-state index contributed by atoms with van der Waals surface area (Å²) in [4.78, 5) is 16.8. The molecule has 0 radical (unpaired) electrons. The normalized spacial score (nSPS) is 12.4. The molecular weight excluding hydrogens is 272 g/mol. The predicted octanol–water partition coefficient (Wildman–Crippen LogP) is 0.577. The van der Waals surface area contributed by atoms with Crippen molar-refractivity contribution >= 4 is 11.9 Å². The number of methoxy groups -OCH3 is 1. The first-order valence-electron chi connectivity index (χ1n) is 6.68. The van der Waals surface area contributed by atoms with Gasteiger partial charge in [-0.05, 0) is 5.92 Å². The van der Waals surface area contributed by atoms with Crippen molar-refractivity contribution in [1.82, 2.24) is 29.7 Å². The lowest BCUT2D eigenvalue weighted by Gasteiger charge is -2.21. The Kier molecular flexibility index (Phi) is 4.99. The van der Waals surface area contributed by atoms with E-state index in [2.05, 4.69) is 49.5 Å². The van der Waals surface area contributed by atoms with Gasteiger partial charge in [0.05, 0.1) is 12.6 Å². The van der Waals surface area contributed by atoms with Crippen LogP contribution in [-0.2, 0) is 4.74 Å². The third kappa shape index (κ3) is 3.85. The third-order valence-corrected chi connectivity index (χ3v) is 2.94. The molecule has 0 aliphatic heterocycles. The molecule has 2 heterocycles. The zero-order valence-electron chi connectivity index (χ0n) is 12.6. The number of nitrogens with zero attached hydrogens (tertiary/aromatic N) is 6. The van der Waals surface area contributed by atoms with E-state index >= 15 is 0 Å². The molecule has 0 aromatic carbocycles. The average Bonchev–Trinajstić information content (AvgIpc) is 3.00. The molecule has 0 saturated carbocycles. The van der Waals surface area contributed by atoms with Crippen LogP contribution < -0.4 is 10.6 Å². The van der Waals surface area contributed by atoms with Gasteiger partial charge in [0.2, 0.25) is 11.9 Å². The Bertz CT molecular complexity index is 556. The fourth-order valence-electron chi connectivity index (χ4n) is 1.70. The minimum Gasteiger partial charge on any atom is -0.383 e. The lowest BCUT2D eigenvalue weighted by molar-refractivity contribution is 0.171. The van der Waals surface area contributed by atoms with E-state index in [0.29, 0.717) is 30.4 Å². The summed E-state index contributed by atoms with van der Waals surface area (Å²) in [6, 6.07) is 0.103. The van der Waals surface area contributed by atoms with Gasteiger partial charge >= 0.3 is 0 Å². The second kappa shape index (κ2) is 6.93. The molecule has 1 unspecified atom stereocenters. The molecule has 9 heteroatoms. The van der Waals surface area contributed by atoms with Crippen molar-refractivity contribution in [2.75, 3.05) is 31.4 Å². The largest absolute Gasteiger partial charge is 0.383 e. The van der Waals surface area contributed by atoms with Gasteiger partial charge in [-0.25, -0.2) is 4.98 Å². The number of aromatic nitrogens is 6. The van der Waals surface area contributed by atoms with Gasteiger partial charge in [0.25, 0.3) is 5.95 Å². The highest BCUT2D eigenvalue weighted by molar-refractivity contribution is 5.38. The number of rotatable bonds is 7. The molecule has 2 rings (SSSR count). The first kappa shape index (κ1) is 15.1. The Balaban J connectivity index is 2.28. The number of ether oxygens (including phenoxy) is 1. The molecule has 0 saturated heterocycles. The molecular formula is C12H20N8O. The molecule has 0 bridgehead atoms. The third-order valence-electron chi connectivity index (χ3n) is 2.94. The molecule has 2 aromatic heterocycles. The second-order valence-corrected chi connectivity index (χ2v) is 4.82. The minimum atomic E-state index is 0.103. The summed E-state index contributed by atoms with van der Waals surface area (Å²) in [6.45, 7) is 4.78. The van der Waals surface area contributed by atoms with Crippen molar-refractivity contribution in [1.29, 1.82) is 0 Å². The molecule has 21 heavy (non-hydrogen) atoms. The number of anilines is 2. The zero-order chi connectivity index (χ0) is 15.2. The maximum absolute atomic E-state index is 5.22. The molecule has 0 amide bonds. The Hall–Kier alpha value is -2.29.